The number of aromatic nitrogens is 1. The smallest absolute Gasteiger partial charge is 0.416 e. The third-order valence-electron chi connectivity index (χ3n) is 4.35. The van der Waals surface area contributed by atoms with Gasteiger partial charge in [-0.1, -0.05) is 6.07 Å². The fourth-order valence-electron chi connectivity index (χ4n) is 2.98. The molecule has 1 aliphatic rings. The highest BCUT2D eigenvalue weighted by Crippen LogP contribution is 2.32. The lowest BCUT2D eigenvalue weighted by atomic mass is 10.1. The number of halogens is 3. The van der Waals surface area contributed by atoms with Crippen molar-refractivity contribution in [1.29, 1.82) is 0 Å². The van der Waals surface area contributed by atoms with Gasteiger partial charge in [0, 0.05) is 44.6 Å². The summed E-state index contributed by atoms with van der Waals surface area (Å²) in [6.07, 6.45) is -2.58. The Morgan fingerprint density at radius 1 is 1.08 bits per heavy atom. The molecule has 1 aliphatic heterocycles. The highest BCUT2D eigenvalue weighted by atomic mass is 19.4. The van der Waals surface area contributed by atoms with Crippen LogP contribution in [0.5, 0.6) is 5.75 Å². The Morgan fingerprint density at radius 2 is 1.84 bits per heavy atom. The molecule has 0 radical (unpaired) electrons. The molecule has 134 valence electrons. The molecular weight excluding hydrogens is 331 g/mol. The van der Waals surface area contributed by atoms with E-state index in [0.29, 0.717) is 25.3 Å². The van der Waals surface area contributed by atoms with Crippen LogP contribution in [0.15, 0.2) is 42.6 Å². The van der Waals surface area contributed by atoms with Gasteiger partial charge in [-0.25, -0.2) is 0 Å². The fourth-order valence-corrected chi connectivity index (χ4v) is 2.98. The summed E-state index contributed by atoms with van der Waals surface area (Å²) in [6, 6.07) is 9.22. The number of anilines is 1. The Morgan fingerprint density at radius 3 is 2.52 bits per heavy atom. The Kier molecular flexibility index (Phi) is 5.13. The average molecular weight is 351 g/mol. The van der Waals surface area contributed by atoms with Gasteiger partial charge in [0.25, 0.3) is 0 Å². The van der Waals surface area contributed by atoms with Crippen LogP contribution in [0.25, 0.3) is 0 Å². The zero-order valence-electron chi connectivity index (χ0n) is 14.0. The molecule has 0 amide bonds. The molecule has 25 heavy (non-hydrogen) atoms. The summed E-state index contributed by atoms with van der Waals surface area (Å²) >= 11 is 0. The quantitative estimate of drug-likeness (QED) is 0.844. The van der Waals surface area contributed by atoms with Gasteiger partial charge in [0.2, 0.25) is 0 Å². The molecule has 7 heteroatoms. The standard InChI is InChI=1S/C18H20F3N3O/c1-25-17-6-3-7-22-16(17)13-23-8-10-24(11-9-23)15-5-2-4-14(12-15)18(19,20)21/h2-7,12H,8-11,13H2,1H3. The minimum atomic E-state index is -4.31. The number of rotatable bonds is 4. The average Bonchev–Trinajstić information content (AvgIpc) is 2.62. The van der Waals surface area contributed by atoms with E-state index >= 15 is 0 Å². The number of hydrogen-bond acceptors (Lipinski definition) is 4. The lowest BCUT2D eigenvalue weighted by molar-refractivity contribution is -0.137. The summed E-state index contributed by atoms with van der Waals surface area (Å²) in [6.45, 7) is 3.54. The van der Waals surface area contributed by atoms with E-state index in [2.05, 4.69) is 9.88 Å². The molecule has 0 bridgehead atoms. The molecular formula is C18H20F3N3O. The summed E-state index contributed by atoms with van der Waals surface area (Å²) in [4.78, 5) is 8.57. The van der Waals surface area contributed by atoms with Crippen LogP contribution in [0.1, 0.15) is 11.3 Å². The van der Waals surface area contributed by atoms with Crippen molar-refractivity contribution >= 4 is 5.69 Å². The maximum absolute atomic E-state index is 12.9. The minimum Gasteiger partial charge on any atom is -0.495 e. The molecule has 4 nitrogen and oxygen atoms in total. The Labute approximate surface area is 144 Å². The maximum atomic E-state index is 12.9. The number of alkyl halides is 3. The van der Waals surface area contributed by atoms with E-state index in [1.807, 2.05) is 17.0 Å². The molecule has 3 rings (SSSR count). The molecule has 2 aromatic rings. The molecule has 0 spiro atoms. The van der Waals surface area contributed by atoms with E-state index in [0.717, 1.165) is 30.6 Å². The van der Waals surface area contributed by atoms with E-state index < -0.39 is 11.7 Å². The van der Waals surface area contributed by atoms with E-state index in [4.69, 9.17) is 4.74 Å². The van der Waals surface area contributed by atoms with Gasteiger partial charge >= 0.3 is 6.18 Å². The second kappa shape index (κ2) is 7.31. The van der Waals surface area contributed by atoms with Crippen molar-refractivity contribution in [3.05, 3.63) is 53.9 Å². The fraction of sp³-hybridized carbons (Fsp3) is 0.389. The molecule has 0 N–H and O–H groups in total. The molecule has 1 aromatic carbocycles. The highest BCUT2D eigenvalue weighted by Gasteiger charge is 2.31. The maximum Gasteiger partial charge on any atom is 0.416 e. The van der Waals surface area contributed by atoms with Gasteiger partial charge in [0.1, 0.15) is 5.75 Å². The zero-order chi connectivity index (χ0) is 17.9. The van der Waals surface area contributed by atoms with Crippen LogP contribution < -0.4 is 9.64 Å². The van der Waals surface area contributed by atoms with Gasteiger partial charge in [-0.2, -0.15) is 13.2 Å². The van der Waals surface area contributed by atoms with Gasteiger partial charge < -0.3 is 9.64 Å². The number of piperazine rings is 1. The molecule has 0 atom stereocenters. The summed E-state index contributed by atoms with van der Waals surface area (Å²) in [7, 11) is 1.62. The van der Waals surface area contributed by atoms with E-state index in [9.17, 15) is 13.2 Å². The summed E-state index contributed by atoms with van der Waals surface area (Å²) < 4.78 is 43.9. The molecule has 0 aliphatic carbocycles. The van der Waals surface area contributed by atoms with Crippen molar-refractivity contribution in [2.24, 2.45) is 0 Å². The lowest BCUT2D eigenvalue weighted by Gasteiger charge is -2.36. The number of benzene rings is 1. The van der Waals surface area contributed by atoms with Crippen molar-refractivity contribution in [3.8, 4) is 5.75 Å². The Balaban J connectivity index is 1.62. The van der Waals surface area contributed by atoms with Gasteiger partial charge in [-0.3, -0.25) is 9.88 Å². The van der Waals surface area contributed by atoms with Gasteiger partial charge in [-0.05, 0) is 30.3 Å². The number of nitrogens with zero attached hydrogens (tertiary/aromatic N) is 3. The minimum absolute atomic E-state index is 0.606. The van der Waals surface area contributed by atoms with Crippen molar-refractivity contribution in [2.75, 3.05) is 38.2 Å². The molecule has 1 saturated heterocycles. The van der Waals surface area contributed by atoms with Gasteiger partial charge in [0.15, 0.2) is 0 Å². The Hall–Kier alpha value is -2.28. The SMILES string of the molecule is COc1cccnc1CN1CCN(c2cccc(C(F)(F)F)c2)CC1. The van der Waals surface area contributed by atoms with Crippen LogP contribution in [-0.4, -0.2) is 43.2 Å². The van der Waals surface area contributed by atoms with Gasteiger partial charge in [0.05, 0.1) is 18.4 Å². The first-order chi connectivity index (χ1) is 12.0. The largest absolute Gasteiger partial charge is 0.495 e. The molecule has 0 unspecified atom stereocenters. The van der Waals surface area contributed by atoms with Crippen LogP contribution >= 0.6 is 0 Å². The van der Waals surface area contributed by atoms with Crippen molar-refractivity contribution < 1.29 is 17.9 Å². The monoisotopic (exact) mass is 351 g/mol. The number of methoxy groups -OCH3 is 1. The molecule has 1 fully saturated rings. The first kappa shape index (κ1) is 17.5. The van der Waals surface area contributed by atoms with E-state index in [1.165, 1.54) is 12.1 Å². The first-order valence-corrected chi connectivity index (χ1v) is 8.10. The number of hydrogen-bond donors (Lipinski definition) is 0. The first-order valence-electron chi connectivity index (χ1n) is 8.10. The van der Waals surface area contributed by atoms with Crippen molar-refractivity contribution in [3.63, 3.8) is 0 Å². The normalized spacial score (nSPS) is 16.1. The van der Waals surface area contributed by atoms with E-state index in [-0.39, 0.29) is 0 Å². The molecule has 1 aromatic heterocycles. The molecule has 0 saturated carbocycles. The third-order valence-corrected chi connectivity index (χ3v) is 4.35. The van der Waals surface area contributed by atoms with Crippen molar-refractivity contribution in [1.82, 2.24) is 9.88 Å². The Bertz CT molecular complexity index is 713. The van der Waals surface area contributed by atoms with Crippen LogP contribution in [0.3, 0.4) is 0 Å². The second-order valence-corrected chi connectivity index (χ2v) is 5.96. The second-order valence-electron chi connectivity index (χ2n) is 5.96. The topological polar surface area (TPSA) is 28.6 Å². The summed E-state index contributed by atoms with van der Waals surface area (Å²) in [5.74, 6) is 0.753. The summed E-state index contributed by atoms with van der Waals surface area (Å²) in [5.41, 5.74) is 0.882. The van der Waals surface area contributed by atoms with Crippen LogP contribution in [0, 0.1) is 0 Å². The van der Waals surface area contributed by atoms with Crippen LogP contribution in [0.4, 0.5) is 18.9 Å². The van der Waals surface area contributed by atoms with Gasteiger partial charge in [-0.15, -0.1) is 0 Å². The number of ether oxygens (including phenoxy) is 1. The van der Waals surface area contributed by atoms with Crippen LogP contribution in [0.2, 0.25) is 0 Å². The third kappa shape index (κ3) is 4.22. The number of pyridine rings is 1. The summed E-state index contributed by atoms with van der Waals surface area (Å²) in [5, 5.41) is 0. The lowest BCUT2D eigenvalue weighted by Crippen LogP contribution is -2.46. The molecule has 2 heterocycles. The van der Waals surface area contributed by atoms with Crippen LogP contribution in [-0.2, 0) is 12.7 Å². The highest BCUT2D eigenvalue weighted by molar-refractivity contribution is 5.49. The van der Waals surface area contributed by atoms with E-state index in [1.54, 1.807) is 19.4 Å². The van der Waals surface area contributed by atoms with Crippen molar-refractivity contribution in [2.45, 2.75) is 12.7 Å². The predicted molar refractivity (Wildman–Crippen MR) is 89.7 cm³/mol. The predicted octanol–water partition coefficient (Wildman–Crippen LogP) is 3.43. The zero-order valence-corrected chi connectivity index (χ0v) is 14.0.